The number of nitrogens with one attached hydrogen (secondary N) is 1. The second-order valence-electron chi connectivity index (χ2n) is 3.97. The summed E-state index contributed by atoms with van der Waals surface area (Å²) in [7, 11) is 0. The number of rotatable bonds is 4. The minimum absolute atomic E-state index is 0.653. The smallest absolute Gasteiger partial charge is 0.122 e. The Morgan fingerprint density at radius 1 is 1.33 bits per heavy atom. The molecule has 2 heterocycles. The summed E-state index contributed by atoms with van der Waals surface area (Å²) in [5.41, 5.74) is 0. The van der Waals surface area contributed by atoms with Crippen molar-refractivity contribution in [2.45, 2.75) is 31.7 Å². The molecule has 0 bridgehead atoms. The van der Waals surface area contributed by atoms with Crippen molar-refractivity contribution in [3.05, 3.63) is 24.5 Å². The fourth-order valence-corrected chi connectivity index (χ4v) is 1.92. The molecule has 3 heteroatoms. The van der Waals surface area contributed by atoms with Crippen LogP contribution in [0.1, 0.15) is 25.7 Å². The number of nitrogens with zero attached hydrogens (tertiary/aromatic N) is 1. The van der Waals surface area contributed by atoms with Crippen LogP contribution >= 0.6 is 0 Å². The Morgan fingerprint density at radius 2 is 2.20 bits per heavy atom. The van der Waals surface area contributed by atoms with Gasteiger partial charge in [0.25, 0.3) is 0 Å². The molecule has 1 aromatic rings. The highest BCUT2D eigenvalue weighted by molar-refractivity contribution is 5.16. The van der Waals surface area contributed by atoms with Crippen molar-refractivity contribution >= 4 is 0 Å². The third-order valence-electron chi connectivity index (χ3n) is 2.80. The van der Waals surface area contributed by atoms with Crippen molar-refractivity contribution in [2.75, 3.05) is 13.2 Å². The zero-order chi connectivity index (χ0) is 10.3. The van der Waals surface area contributed by atoms with Gasteiger partial charge in [0.05, 0.1) is 6.61 Å². The molecule has 82 valence electrons. The number of aromatic nitrogens is 1. The van der Waals surface area contributed by atoms with Crippen LogP contribution in [-0.2, 0) is 0 Å². The first-order valence-corrected chi connectivity index (χ1v) is 5.71. The SMILES string of the molecule is c1cc(OCCC2CCCCN2)ccn1. The van der Waals surface area contributed by atoms with Gasteiger partial charge in [0.1, 0.15) is 5.75 Å². The summed E-state index contributed by atoms with van der Waals surface area (Å²) in [6.07, 6.45) is 8.58. The molecule has 2 rings (SSSR count). The molecule has 3 nitrogen and oxygen atoms in total. The molecule has 0 saturated carbocycles. The lowest BCUT2D eigenvalue weighted by molar-refractivity contribution is 0.268. The number of piperidine rings is 1. The van der Waals surface area contributed by atoms with Gasteiger partial charge in [0.15, 0.2) is 0 Å². The Hall–Kier alpha value is -1.09. The Kier molecular flexibility index (Phi) is 3.97. The number of pyridine rings is 1. The lowest BCUT2D eigenvalue weighted by Crippen LogP contribution is -2.35. The zero-order valence-corrected chi connectivity index (χ0v) is 8.98. The average Bonchev–Trinajstić information content (AvgIpc) is 2.32. The van der Waals surface area contributed by atoms with E-state index in [2.05, 4.69) is 10.3 Å². The maximum absolute atomic E-state index is 5.63. The first-order chi connectivity index (χ1) is 7.45. The molecular weight excluding hydrogens is 188 g/mol. The van der Waals surface area contributed by atoms with E-state index < -0.39 is 0 Å². The number of hydrogen-bond donors (Lipinski definition) is 1. The second kappa shape index (κ2) is 5.71. The summed E-state index contributed by atoms with van der Waals surface area (Å²) in [5, 5.41) is 3.51. The molecule has 0 aromatic carbocycles. The molecule has 0 radical (unpaired) electrons. The molecule has 1 unspecified atom stereocenters. The molecule has 1 aliphatic heterocycles. The third kappa shape index (κ3) is 3.51. The van der Waals surface area contributed by atoms with Crippen LogP contribution in [0.2, 0.25) is 0 Å². The molecule has 1 aliphatic rings. The van der Waals surface area contributed by atoms with E-state index in [1.165, 1.54) is 25.8 Å². The Labute approximate surface area is 90.9 Å². The van der Waals surface area contributed by atoms with E-state index in [0.717, 1.165) is 18.8 Å². The summed E-state index contributed by atoms with van der Waals surface area (Å²) in [4.78, 5) is 3.95. The van der Waals surface area contributed by atoms with Crippen LogP contribution in [0, 0.1) is 0 Å². The van der Waals surface area contributed by atoms with E-state index in [9.17, 15) is 0 Å². The van der Waals surface area contributed by atoms with Gasteiger partial charge in [0, 0.05) is 18.4 Å². The average molecular weight is 206 g/mol. The van der Waals surface area contributed by atoms with Gasteiger partial charge in [-0.15, -0.1) is 0 Å². The van der Waals surface area contributed by atoms with Crippen molar-refractivity contribution in [1.29, 1.82) is 0 Å². The molecule has 0 amide bonds. The minimum atomic E-state index is 0.653. The van der Waals surface area contributed by atoms with Crippen LogP contribution in [0.3, 0.4) is 0 Å². The Morgan fingerprint density at radius 3 is 2.93 bits per heavy atom. The maximum Gasteiger partial charge on any atom is 0.122 e. The minimum Gasteiger partial charge on any atom is -0.493 e. The third-order valence-corrected chi connectivity index (χ3v) is 2.80. The van der Waals surface area contributed by atoms with Crippen LogP contribution < -0.4 is 10.1 Å². The quantitative estimate of drug-likeness (QED) is 0.818. The van der Waals surface area contributed by atoms with Crippen LogP contribution in [0.5, 0.6) is 5.75 Å². The van der Waals surface area contributed by atoms with Gasteiger partial charge < -0.3 is 10.1 Å². The van der Waals surface area contributed by atoms with E-state index in [1.54, 1.807) is 12.4 Å². The van der Waals surface area contributed by atoms with Gasteiger partial charge in [-0.1, -0.05) is 6.42 Å². The van der Waals surface area contributed by atoms with Crippen LogP contribution in [-0.4, -0.2) is 24.2 Å². The van der Waals surface area contributed by atoms with Gasteiger partial charge in [-0.3, -0.25) is 4.98 Å². The van der Waals surface area contributed by atoms with Crippen molar-refractivity contribution in [3.63, 3.8) is 0 Å². The number of hydrogen-bond acceptors (Lipinski definition) is 3. The van der Waals surface area contributed by atoms with E-state index in [0.29, 0.717) is 6.04 Å². The molecule has 1 fully saturated rings. The topological polar surface area (TPSA) is 34.1 Å². The van der Waals surface area contributed by atoms with Crippen molar-refractivity contribution in [1.82, 2.24) is 10.3 Å². The molecule has 15 heavy (non-hydrogen) atoms. The summed E-state index contributed by atoms with van der Waals surface area (Å²) in [6, 6.07) is 4.45. The van der Waals surface area contributed by atoms with Gasteiger partial charge in [0.2, 0.25) is 0 Å². The van der Waals surface area contributed by atoms with Crippen LogP contribution in [0.4, 0.5) is 0 Å². The predicted molar refractivity (Wildman–Crippen MR) is 60.0 cm³/mol. The molecule has 1 saturated heterocycles. The van der Waals surface area contributed by atoms with E-state index in [1.807, 2.05) is 12.1 Å². The van der Waals surface area contributed by atoms with Crippen molar-refractivity contribution < 1.29 is 4.74 Å². The summed E-state index contributed by atoms with van der Waals surface area (Å²) in [5.74, 6) is 0.917. The van der Waals surface area contributed by atoms with Crippen molar-refractivity contribution in [3.8, 4) is 5.75 Å². The molecule has 0 aliphatic carbocycles. The summed E-state index contributed by atoms with van der Waals surface area (Å²) < 4.78 is 5.63. The zero-order valence-electron chi connectivity index (χ0n) is 8.98. The van der Waals surface area contributed by atoms with Crippen molar-refractivity contribution in [2.24, 2.45) is 0 Å². The molecule has 1 aromatic heterocycles. The maximum atomic E-state index is 5.63. The molecule has 1 atom stereocenters. The van der Waals surface area contributed by atoms with Crippen LogP contribution in [0.25, 0.3) is 0 Å². The first kappa shape index (κ1) is 10.4. The Balaban J connectivity index is 1.66. The van der Waals surface area contributed by atoms with Gasteiger partial charge >= 0.3 is 0 Å². The standard InChI is InChI=1S/C12H18N2O/c1-2-7-14-11(3-1)6-10-15-12-4-8-13-9-5-12/h4-5,8-9,11,14H,1-3,6-7,10H2. The lowest BCUT2D eigenvalue weighted by atomic mass is 10.0. The molecule has 1 N–H and O–H groups in total. The largest absolute Gasteiger partial charge is 0.493 e. The first-order valence-electron chi connectivity index (χ1n) is 5.71. The lowest BCUT2D eigenvalue weighted by Gasteiger charge is -2.23. The number of ether oxygens (including phenoxy) is 1. The summed E-state index contributed by atoms with van der Waals surface area (Å²) >= 11 is 0. The fraction of sp³-hybridized carbons (Fsp3) is 0.583. The van der Waals surface area contributed by atoms with Crippen LogP contribution in [0.15, 0.2) is 24.5 Å². The summed E-state index contributed by atoms with van der Waals surface area (Å²) in [6.45, 7) is 1.96. The predicted octanol–water partition coefficient (Wildman–Crippen LogP) is 1.99. The molecule has 0 spiro atoms. The highest BCUT2D eigenvalue weighted by atomic mass is 16.5. The molecular formula is C12H18N2O. The normalized spacial score (nSPS) is 21.2. The van der Waals surface area contributed by atoms with E-state index in [4.69, 9.17) is 4.74 Å². The fourth-order valence-electron chi connectivity index (χ4n) is 1.92. The van der Waals surface area contributed by atoms with Gasteiger partial charge in [-0.05, 0) is 37.9 Å². The van der Waals surface area contributed by atoms with E-state index >= 15 is 0 Å². The van der Waals surface area contributed by atoms with Gasteiger partial charge in [-0.2, -0.15) is 0 Å². The second-order valence-corrected chi connectivity index (χ2v) is 3.97. The highest BCUT2D eigenvalue weighted by Gasteiger charge is 2.11. The highest BCUT2D eigenvalue weighted by Crippen LogP contribution is 2.12. The van der Waals surface area contributed by atoms with Gasteiger partial charge in [-0.25, -0.2) is 0 Å². The Bertz CT molecular complexity index is 270. The van der Waals surface area contributed by atoms with E-state index in [-0.39, 0.29) is 0 Å². The monoisotopic (exact) mass is 206 g/mol.